The van der Waals surface area contributed by atoms with Crippen molar-refractivity contribution in [2.45, 2.75) is 19.8 Å². The summed E-state index contributed by atoms with van der Waals surface area (Å²) in [7, 11) is 0. The standard InChI is InChI=1S/C22H19FN2O5/c1-21(2)17(11-15(23)19(26)27)22(21,20(28)29)14(12-24)16-9-6-10-18(25-16)30-13-7-4-3-5-8-13/h3-11,14,17H,1-2H3,(H,26,27)(H,28,29)/t14-,17+,22-/m1/s1. The van der Waals surface area contributed by atoms with E-state index in [1.54, 1.807) is 50.2 Å². The van der Waals surface area contributed by atoms with Crippen LogP contribution in [0.2, 0.25) is 0 Å². The summed E-state index contributed by atoms with van der Waals surface area (Å²) in [6.45, 7) is 3.12. The van der Waals surface area contributed by atoms with Crippen molar-refractivity contribution in [2.75, 3.05) is 0 Å². The minimum absolute atomic E-state index is 0.146. The average molecular weight is 410 g/mol. The number of rotatable bonds is 7. The summed E-state index contributed by atoms with van der Waals surface area (Å²) in [6.07, 6.45) is 0.769. The molecule has 8 heteroatoms. The largest absolute Gasteiger partial charge is 0.481 e. The Bertz CT molecular complexity index is 1060. The highest BCUT2D eigenvalue weighted by Gasteiger charge is 2.79. The lowest BCUT2D eigenvalue weighted by molar-refractivity contribution is -0.145. The number of nitriles is 1. The van der Waals surface area contributed by atoms with E-state index in [1.807, 2.05) is 12.1 Å². The Morgan fingerprint density at radius 3 is 2.43 bits per heavy atom. The zero-order chi connectivity index (χ0) is 22.1. The van der Waals surface area contributed by atoms with E-state index in [1.165, 1.54) is 6.07 Å². The van der Waals surface area contributed by atoms with Crippen LogP contribution >= 0.6 is 0 Å². The molecule has 1 aromatic carbocycles. The van der Waals surface area contributed by atoms with Gasteiger partial charge in [0, 0.05) is 12.0 Å². The van der Waals surface area contributed by atoms with Crippen LogP contribution in [0.15, 0.2) is 60.4 Å². The highest BCUT2D eigenvalue weighted by Crippen LogP contribution is 2.75. The molecule has 0 unspecified atom stereocenters. The Hall–Kier alpha value is -3.73. The number of benzene rings is 1. The molecule has 3 atom stereocenters. The Kier molecular flexibility index (Phi) is 5.31. The van der Waals surface area contributed by atoms with Crippen molar-refractivity contribution in [2.24, 2.45) is 16.7 Å². The van der Waals surface area contributed by atoms with Crippen molar-refractivity contribution in [1.82, 2.24) is 4.98 Å². The van der Waals surface area contributed by atoms with Gasteiger partial charge in [-0.15, -0.1) is 0 Å². The summed E-state index contributed by atoms with van der Waals surface area (Å²) in [4.78, 5) is 27.5. The summed E-state index contributed by atoms with van der Waals surface area (Å²) in [5.41, 5.74) is -2.68. The first-order chi connectivity index (χ1) is 14.2. The number of hydrogen-bond donors (Lipinski definition) is 2. The Morgan fingerprint density at radius 1 is 1.20 bits per heavy atom. The lowest BCUT2D eigenvalue weighted by atomic mass is 9.80. The van der Waals surface area contributed by atoms with E-state index in [9.17, 15) is 24.3 Å². The lowest BCUT2D eigenvalue weighted by Crippen LogP contribution is -2.29. The van der Waals surface area contributed by atoms with E-state index in [4.69, 9.17) is 9.84 Å². The fourth-order valence-corrected chi connectivity index (χ4v) is 4.14. The van der Waals surface area contributed by atoms with Gasteiger partial charge in [-0.25, -0.2) is 9.78 Å². The molecule has 1 saturated carbocycles. The molecule has 1 aromatic heterocycles. The van der Waals surface area contributed by atoms with Crippen molar-refractivity contribution < 1.29 is 28.9 Å². The molecule has 1 heterocycles. The second-order valence-electron chi connectivity index (χ2n) is 7.57. The number of allylic oxidation sites excluding steroid dienone is 1. The van der Waals surface area contributed by atoms with Crippen molar-refractivity contribution in [3.63, 3.8) is 0 Å². The molecule has 7 nitrogen and oxygen atoms in total. The number of nitrogens with zero attached hydrogens (tertiary/aromatic N) is 2. The minimum Gasteiger partial charge on any atom is -0.481 e. The van der Waals surface area contributed by atoms with Crippen LogP contribution in [0.4, 0.5) is 4.39 Å². The van der Waals surface area contributed by atoms with Crippen LogP contribution in [-0.2, 0) is 9.59 Å². The predicted octanol–water partition coefficient (Wildman–Crippen LogP) is 4.15. The second-order valence-corrected chi connectivity index (χ2v) is 7.57. The second kappa shape index (κ2) is 7.59. The first-order valence-electron chi connectivity index (χ1n) is 9.09. The van der Waals surface area contributed by atoms with Crippen LogP contribution < -0.4 is 4.74 Å². The zero-order valence-corrected chi connectivity index (χ0v) is 16.2. The van der Waals surface area contributed by atoms with E-state index in [0.717, 1.165) is 6.08 Å². The monoisotopic (exact) mass is 410 g/mol. The SMILES string of the molecule is CC1(C)[C@H](C=C(F)C(=O)O)[C@@]1(C(=O)O)[C@H](C#N)c1cccc(Oc2ccccc2)n1. The van der Waals surface area contributed by atoms with Crippen LogP contribution in [-0.4, -0.2) is 27.1 Å². The van der Waals surface area contributed by atoms with Gasteiger partial charge in [-0.2, -0.15) is 9.65 Å². The highest BCUT2D eigenvalue weighted by atomic mass is 19.1. The summed E-state index contributed by atoms with van der Waals surface area (Å²) >= 11 is 0. The number of halogens is 1. The van der Waals surface area contributed by atoms with Gasteiger partial charge in [0.15, 0.2) is 0 Å². The Balaban J connectivity index is 2.03. The maximum Gasteiger partial charge on any atom is 0.364 e. The molecule has 2 N–H and O–H groups in total. The van der Waals surface area contributed by atoms with Crippen LogP contribution in [0.25, 0.3) is 0 Å². The topological polar surface area (TPSA) is 121 Å². The average Bonchev–Trinajstić information content (AvgIpc) is 3.19. The maximum absolute atomic E-state index is 13.8. The molecule has 30 heavy (non-hydrogen) atoms. The fourth-order valence-electron chi connectivity index (χ4n) is 4.14. The Morgan fingerprint density at radius 2 is 1.87 bits per heavy atom. The van der Waals surface area contributed by atoms with Gasteiger partial charge in [0.1, 0.15) is 17.1 Å². The molecule has 154 valence electrons. The minimum atomic E-state index is -1.79. The fraction of sp³-hybridized carbons (Fsp3) is 0.273. The highest BCUT2D eigenvalue weighted by molar-refractivity contribution is 5.87. The molecule has 0 spiro atoms. The lowest BCUT2D eigenvalue weighted by Gasteiger charge is -2.21. The van der Waals surface area contributed by atoms with Gasteiger partial charge in [0.2, 0.25) is 11.7 Å². The third kappa shape index (κ3) is 3.28. The molecule has 1 aliphatic rings. The van der Waals surface area contributed by atoms with Crippen molar-refractivity contribution >= 4 is 11.9 Å². The van der Waals surface area contributed by atoms with Gasteiger partial charge in [-0.05, 0) is 29.7 Å². The number of pyridine rings is 1. The summed E-state index contributed by atoms with van der Waals surface area (Å²) in [6, 6.07) is 15.4. The molecule has 1 fully saturated rings. The number of ether oxygens (including phenoxy) is 1. The molecular formula is C22H19FN2O5. The maximum atomic E-state index is 13.8. The molecule has 3 rings (SSSR count). The van der Waals surface area contributed by atoms with Crippen LogP contribution in [0.5, 0.6) is 11.6 Å². The number of para-hydroxylation sites is 1. The van der Waals surface area contributed by atoms with E-state index in [-0.39, 0.29) is 11.6 Å². The number of hydrogen-bond acceptors (Lipinski definition) is 5. The van der Waals surface area contributed by atoms with Crippen molar-refractivity contribution in [3.8, 4) is 17.7 Å². The molecule has 0 bridgehead atoms. The third-order valence-electron chi connectivity index (χ3n) is 5.71. The summed E-state index contributed by atoms with van der Waals surface area (Å²) in [5.74, 6) is -6.16. The van der Waals surface area contributed by atoms with Gasteiger partial charge in [-0.1, -0.05) is 38.1 Å². The van der Waals surface area contributed by atoms with Gasteiger partial charge < -0.3 is 14.9 Å². The first-order valence-corrected chi connectivity index (χ1v) is 9.09. The molecule has 1 aliphatic carbocycles. The van der Waals surface area contributed by atoms with Crippen LogP contribution in [0.1, 0.15) is 25.5 Å². The summed E-state index contributed by atoms with van der Waals surface area (Å²) < 4.78 is 19.5. The van der Waals surface area contributed by atoms with Gasteiger partial charge in [0.05, 0.1) is 11.8 Å². The first kappa shape index (κ1) is 21.0. The van der Waals surface area contributed by atoms with E-state index >= 15 is 0 Å². The van der Waals surface area contributed by atoms with Gasteiger partial charge in [0.25, 0.3) is 0 Å². The van der Waals surface area contributed by atoms with Crippen LogP contribution in [0.3, 0.4) is 0 Å². The molecule has 0 radical (unpaired) electrons. The van der Waals surface area contributed by atoms with E-state index < -0.39 is 40.4 Å². The molecule has 2 aromatic rings. The molecule has 0 aliphatic heterocycles. The van der Waals surface area contributed by atoms with Gasteiger partial charge >= 0.3 is 11.9 Å². The normalized spacial score (nSPS) is 23.1. The number of carbonyl (C=O) groups is 2. The third-order valence-corrected chi connectivity index (χ3v) is 5.71. The molecule has 0 amide bonds. The molecule has 0 saturated heterocycles. The summed E-state index contributed by atoms with van der Waals surface area (Å²) in [5, 5.41) is 28.7. The van der Waals surface area contributed by atoms with Crippen molar-refractivity contribution in [3.05, 3.63) is 66.1 Å². The quantitative estimate of drug-likeness (QED) is 0.658. The van der Waals surface area contributed by atoms with Crippen LogP contribution in [0, 0.1) is 28.1 Å². The van der Waals surface area contributed by atoms with Gasteiger partial charge in [-0.3, -0.25) is 4.79 Å². The van der Waals surface area contributed by atoms with E-state index in [0.29, 0.717) is 5.75 Å². The number of carboxylic acids is 2. The predicted molar refractivity (Wildman–Crippen MR) is 103 cm³/mol. The number of aliphatic carboxylic acids is 2. The van der Waals surface area contributed by atoms with Crippen molar-refractivity contribution in [1.29, 1.82) is 5.26 Å². The number of aromatic nitrogens is 1. The Labute approximate surface area is 172 Å². The van der Waals surface area contributed by atoms with E-state index in [2.05, 4.69) is 4.98 Å². The zero-order valence-electron chi connectivity index (χ0n) is 16.2. The smallest absolute Gasteiger partial charge is 0.364 e. The number of carboxylic acid groups (broad SMARTS) is 2. The molecular weight excluding hydrogens is 391 g/mol.